The maximum absolute atomic E-state index is 12.3. The van der Waals surface area contributed by atoms with Crippen molar-refractivity contribution < 1.29 is 17.9 Å². The summed E-state index contributed by atoms with van der Waals surface area (Å²) in [4.78, 5) is 27.0. The second kappa shape index (κ2) is 9.92. The van der Waals surface area contributed by atoms with Crippen LogP contribution >= 0.6 is 12.2 Å². The van der Waals surface area contributed by atoms with E-state index < -0.39 is 27.9 Å². The molecule has 0 saturated heterocycles. The highest BCUT2D eigenvalue weighted by atomic mass is 32.2. The van der Waals surface area contributed by atoms with E-state index in [0.29, 0.717) is 23.0 Å². The smallest absolute Gasteiger partial charge is 0.326 e. The van der Waals surface area contributed by atoms with Gasteiger partial charge >= 0.3 is 11.7 Å². The SMILES string of the molecule is COC(=O)[C@H](Cn1cc(CCc2ccccc2)c(=S)[nH]c1=O)NS(=O)(=O)N(C)C. The number of ether oxygens (including phenoxy) is 1. The lowest BCUT2D eigenvalue weighted by molar-refractivity contribution is -0.143. The van der Waals surface area contributed by atoms with Crippen LogP contribution in [0.5, 0.6) is 0 Å². The quantitative estimate of drug-likeness (QED) is 0.437. The van der Waals surface area contributed by atoms with Gasteiger partial charge in [-0.15, -0.1) is 0 Å². The Balaban J connectivity index is 2.28. The van der Waals surface area contributed by atoms with Crippen LogP contribution in [0.15, 0.2) is 41.3 Å². The molecule has 1 aromatic heterocycles. The number of nitrogens with zero attached hydrogens (tertiary/aromatic N) is 2. The summed E-state index contributed by atoms with van der Waals surface area (Å²) in [5, 5.41) is 0. The maximum atomic E-state index is 12.3. The topological polar surface area (TPSA) is 113 Å². The molecule has 0 aliphatic rings. The van der Waals surface area contributed by atoms with Gasteiger partial charge in [0, 0.05) is 25.9 Å². The molecule has 1 atom stereocenters. The fraction of sp³-hybridized carbons (Fsp3) is 0.389. The minimum atomic E-state index is -3.91. The molecule has 1 aromatic carbocycles. The zero-order valence-electron chi connectivity index (χ0n) is 16.4. The van der Waals surface area contributed by atoms with E-state index in [9.17, 15) is 18.0 Å². The van der Waals surface area contributed by atoms with E-state index >= 15 is 0 Å². The highest BCUT2D eigenvalue weighted by molar-refractivity contribution is 7.87. The maximum Gasteiger partial charge on any atom is 0.326 e. The van der Waals surface area contributed by atoms with Gasteiger partial charge in [-0.1, -0.05) is 42.5 Å². The van der Waals surface area contributed by atoms with Crippen molar-refractivity contribution in [1.29, 1.82) is 0 Å². The summed E-state index contributed by atoms with van der Waals surface area (Å²) < 4.78 is 33.6. The number of carbonyl (C=O) groups is 1. The number of aromatic amines is 1. The Morgan fingerprint density at radius 3 is 2.52 bits per heavy atom. The Kier molecular flexibility index (Phi) is 7.85. The van der Waals surface area contributed by atoms with Crippen LogP contribution in [-0.4, -0.2) is 55.5 Å². The molecule has 0 saturated carbocycles. The van der Waals surface area contributed by atoms with Crippen LogP contribution in [-0.2, 0) is 39.1 Å². The number of H-pyrrole nitrogens is 1. The number of aromatic nitrogens is 2. The zero-order valence-corrected chi connectivity index (χ0v) is 18.0. The predicted molar refractivity (Wildman–Crippen MR) is 111 cm³/mol. The second-order valence-corrected chi connectivity index (χ2v) is 8.86. The summed E-state index contributed by atoms with van der Waals surface area (Å²) >= 11 is 5.25. The predicted octanol–water partition coefficient (Wildman–Crippen LogP) is 0.629. The van der Waals surface area contributed by atoms with Gasteiger partial charge in [-0.3, -0.25) is 14.3 Å². The average molecular weight is 441 g/mol. The standard InChI is InChI=1S/C18H24N4O5S2/c1-21(2)29(25,26)20-15(17(23)27-3)12-22-11-14(16(28)19-18(22)24)10-9-13-7-5-4-6-8-13/h4-8,11,15,20H,9-10,12H2,1-3H3,(H,19,24,28)/t15-/m0/s1. The molecule has 11 heteroatoms. The lowest BCUT2D eigenvalue weighted by Gasteiger charge is -2.20. The molecule has 2 rings (SSSR count). The van der Waals surface area contributed by atoms with Crippen LogP contribution < -0.4 is 10.4 Å². The van der Waals surface area contributed by atoms with E-state index in [1.165, 1.54) is 18.7 Å². The number of esters is 1. The summed E-state index contributed by atoms with van der Waals surface area (Å²) in [6.45, 7) is -0.247. The molecule has 0 aliphatic heterocycles. The summed E-state index contributed by atoms with van der Waals surface area (Å²) in [7, 11) is -0.122. The first-order valence-corrected chi connectivity index (χ1v) is 10.6. The summed E-state index contributed by atoms with van der Waals surface area (Å²) in [5.74, 6) is -0.810. The molecule has 0 spiro atoms. The van der Waals surface area contributed by atoms with Crippen LogP contribution in [0.3, 0.4) is 0 Å². The largest absolute Gasteiger partial charge is 0.468 e. The van der Waals surface area contributed by atoms with E-state index in [0.717, 1.165) is 17.0 Å². The number of rotatable bonds is 9. The summed E-state index contributed by atoms with van der Waals surface area (Å²) in [5.41, 5.74) is 1.28. The summed E-state index contributed by atoms with van der Waals surface area (Å²) in [6.07, 6.45) is 2.83. The Labute approximate surface area is 174 Å². The van der Waals surface area contributed by atoms with Crippen molar-refractivity contribution in [2.45, 2.75) is 25.4 Å². The zero-order chi connectivity index (χ0) is 21.6. The van der Waals surface area contributed by atoms with Crippen LogP contribution in [0.2, 0.25) is 0 Å². The van der Waals surface area contributed by atoms with Gasteiger partial charge in [0.25, 0.3) is 10.2 Å². The van der Waals surface area contributed by atoms with E-state index in [-0.39, 0.29) is 6.54 Å². The lowest BCUT2D eigenvalue weighted by atomic mass is 10.1. The van der Waals surface area contributed by atoms with Crippen molar-refractivity contribution in [3.8, 4) is 0 Å². The third kappa shape index (κ3) is 6.32. The first-order chi connectivity index (χ1) is 13.6. The molecule has 29 heavy (non-hydrogen) atoms. The second-order valence-electron chi connectivity index (χ2n) is 6.53. The molecule has 2 N–H and O–H groups in total. The van der Waals surface area contributed by atoms with E-state index in [4.69, 9.17) is 12.2 Å². The Bertz CT molecular complexity index is 1060. The van der Waals surface area contributed by atoms with Gasteiger partial charge in [-0.25, -0.2) is 4.79 Å². The Morgan fingerprint density at radius 2 is 1.93 bits per heavy atom. The van der Waals surface area contributed by atoms with E-state index in [1.807, 2.05) is 30.3 Å². The van der Waals surface area contributed by atoms with Crippen molar-refractivity contribution in [2.75, 3.05) is 21.2 Å². The molecule has 0 radical (unpaired) electrons. The molecule has 0 fully saturated rings. The molecular weight excluding hydrogens is 416 g/mol. The first-order valence-electron chi connectivity index (χ1n) is 8.78. The van der Waals surface area contributed by atoms with Gasteiger partial charge in [0.05, 0.1) is 13.7 Å². The number of carbonyl (C=O) groups excluding carboxylic acids is 1. The van der Waals surface area contributed by atoms with Crippen LogP contribution in [0.25, 0.3) is 0 Å². The van der Waals surface area contributed by atoms with Crippen molar-refractivity contribution in [2.24, 2.45) is 0 Å². The molecule has 9 nitrogen and oxygen atoms in total. The number of methoxy groups -OCH3 is 1. The molecule has 158 valence electrons. The minimum Gasteiger partial charge on any atom is -0.468 e. The Morgan fingerprint density at radius 1 is 1.28 bits per heavy atom. The molecule has 0 unspecified atom stereocenters. The van der Waals surface area contributed by atoms with Crippen LogP contribution in [0.1, 0.15) is 11.1 Å². The van der Waals surface area contributed by atoms with Gasteiger partial charge in [0.15, 0.2) is 0 Å². The Hall–Kier alpha value is -2.34. The van der Waals surface area contributed by atoms with Gasteiger partial charge in [0.1, 0.15) is 10.7 Å². The van der Waals surface area contributed by atoms with Crippen molar-refractivity contribution in [3.05, 3.63) is 62.8 Å². The lowest BCUT2D eigenvalue weighted by Crippen LogP contribution is -2.49. The molecule has 1 heterocycles. The van der Waals surface area contributed by atoms with Gasteiger partial charge in [-0.05, 0) is 18.4 Å². The molecular formula is C18H24N4O5S2. The van der Waals surface area contributed by atoms with Crippen molar-refractivity contribution in [3.63, 3.8) is 0 Å². The number of aryl methyl sites for hydroxylation is 2. The number of benzene rings is 1. The van der Waals surface area contributed by atoms with E-state index in [1.54, 1.807) is 6.20 Å². The van der Waals surface area contributed by atoms with Crippen molar-refractivity contribution in [1.82, 2.24) is 18.6 Å². The summed E-state index contributed by atoms with van der Waals surface area (Å²) in [6, 6.07) is 8.51. The van der Waals surface area contributed by atoms with Crippen LogP contribution in [0.4, 0.5) is 0 Å². The first kappa shape index (κ1) is 22.9. The monoisotopic (exact) mass is 440 g/mol. The molecule has 0 aliphatic carbocycles. The van der Waals surface area contributed by atoms with Crippen molar-refractivity contribution >= 4 is 28.4 Å². The average Bonchev–Trinajstić information content (AvgIpc) is 2.68. The van der Waals surface area contributed by atoms with Gasteiger partial charge in [-0.2, -0.15) is 17.4 Å². The van der Waals surface area contributed by atoms with Gasteiger partial charge < -0.3 is 4.74 Å². The fourth-order valence-corrected chi connectivity index (χ4v) is 3.56. The minimum absolute atomic E-state index is 0.247. The molecule has 0 amide bonds. The highest BCUT2D eigenvalue weighted by Gasteiger charge is 2.27. The third-order valence-corrected chi connectivity index (χ3v) is 6.16. The number of hydrogen-bond donors (Lipinski definition) is 2. The van der Waals surface area contributed by atoms with Crippen LogP contribution in [0, 0.1) is 4.64 Å². The highest BCUT2D eigenvalue weighted by Crippen LogP contribution is 2.08. The van der Waals surface area contributed by atoms with E-state index in [2.05, 4.69) is 14.4 Å². The molecule has 0 bridgehead atoms. The molecule has 2 aromatic rings. The third-order valence-electron chi connectivity index (χ3n) is 4.25. The normalized spacial score (nSPS) is 12.7. The number of nitrogens with one attached hydrogen (secondary N) is 2. The fourth-order valence-electron chi connectivity index (χ4n) is 2.58. The number of hydrogen-bond acceptors (Lipinski definition) is 6. The van der Waals surface area contributed by atoms with Gasteiger partial charge in [0.2, 0.25) is 0 Å².